The number of nitrogens with two attached hydrogens (primary N) is 2. The molecule has 0 aliphatic carbocycles. The van der Waals surface area contributed by atoms with Gasteiger partial charge in [0.2, 0.25) is 59.1 Å². The van der Waals surface area contributed by atoms with Crippen LogP contribution in [-0.2, 0) is 91.4 Å². The van der Waals surface area contributed by atoms with Crippen LogP contribution in [0.3, 0.4) is 0 Å². The van der Waals surface area contributed by atoms with Crippen LogP contribution in [0, 0.1) is 6.92 Å². The molecule has 0 bridgehead atoms. The molecule has 10 atom stereocenters. The van der Waals surface area contributed by atoms with Gasteiger partial charge in [-0.05, 0) is 122 Å². The molecule has 1 saturated heterocycles. The number of benzene rings is 7. The summed E-state index contributed by atoms with van der Waals surface area (Å²) in [4.78, 5) is 162. The summed E-state index contributed by atoms with van der Waals surface area (Å²) < 4.78 is 0. The fourth-order valence-corrected chi connectivity index (χ4v) is 12.9. The fourth-order valence-electron chi connectivity index (χ4n) is 12.9. The van der Waals surface area contributed by atoms with Crippen LogP contribution in [0.5, 0.6) is 5.75 Å². The van der Waals surface area contributed by atoms with Crippen LogP contribution in [0.4, 0.5) is 0 Å². The predicted octanol–water partition coefficient (Wildman–Crippen LogP) is 2.85. The molecule has 0 unspecified atom stereocenters. The number of aliphatic carboxylic acids is 1. The number of amides is 10. The van der Waals surface area contributed by atoms with Crippen LogP contribution in [0.2, 0.25) is 0 Å². The lowest BCUT2D eigenvalue weighted by Crippen LogP contribution is -2.61. The molecule has 10 amide bonds. The molecule has 1 aliphatic rings. The molecular formula is C82H100N14O14. The molecular weight excluding hydrogens is 1400 g/mol. The Balaban J connectivity index is 1.03. The van der Waals surface area contributed by atoms with Crippen LogP contribution in [-0.4, -0.2) is 178 Å². The summed E-state index contributed by atoms with van der Waals surface area (Å²) >= 11 is 0. The number of aliphatic imine (C=N–C) groups is 1. The first-order valence-electron chi connectivity index (χ1n) is 36.9. The maximum absolute atomic E-state index is 15.1. The number of nitrogens with zero attached hydrogens (tertiary/aromatic N) is 2. The van der Waals surface area contributed by atoms with E-state index in [-0.39, 0.29) is 82.6 Å². The molecule has 1 aliphatic heterocycles. The normalized spacial score (nSPS) is 14.9. The Kier molecular flexibility index (Phi) is 32.3. The number of carbonyl (C=O) groups is 11. The summed E-state index contributed by atoms with van der Waals surface area (Å²) in [6, 6.07) is 39.1. The number of carbonyl (C=O) groups excluding carboxylic acids is 10. The second-order valence-electron chi connectivity index (χ2n) is 27.6. The number of guanidine groups is 1. The number of hydrogen-bond donors (Lipinski definition) is 15. The van der Waals surface area contributed by atoms with Gasteiger partial charge in [0.1, 0.15) is 66.2 Å². The van der Waals surface area contributed by atoms with Gasteiger partial charge in [0.15, 0.2) is 5.96 Å². The first-order valence-corrected chi connectivity index (χ1v) is 36.9. The lowest BCUT2D eigenvalue weighted by atomic mass is 9.99. The number of carboxylic acids is 1. The highest BCUT2D eigenvalue weighted by Crippen LogP contribution is 2.23. The Morgan fingerprint density at radius 2 is 0.891 bits per heavy atom. The van der Waals surface area contributed by atoms with Crippen molar-refractivity contribution >= 4 is 81.8 Å². The molecule has 7 aromatic carbocycles. The van der Waals surface area contributed by atoms with E-state index in [4.69, 9.17) is 11.5 Å². The number of likely N-dealkylation sites (tertiary alicyclic amines) is 1. The molecule has 582 valence electrons. The predicted molar refractivity (Wildman–Crippen MR) is 415 cm³/mol. The number of hydrogen-bond acceptors (Lipinski definition) is 15. The topological polar surface area (TPSA) is 436 Å². The van der Waals surface area contributed by atoms with Crippen LogP contribution >= 0.6 is 0 Å². The minimum absolute atomic E-state index is 0.0304. The Hall–Kier alpha value is -12.0. The van der Waals surface area contributed by atoms with Crippen LogP contribution in [0.1, 0.15) is 97.7 Å². The number of nitrogens with one attached hydrogen (secondary N) is 10. The van der Waals surface area contributed by atoms with Crippen molar-refractivity contribution in [3.63, 3.8) is 0 Å². The molecule has 17 N–H and O–H groups in total. The smallest absolute Gasteiger partial charge is 0.325 e. The molecule has 8 rings (SSSR count). The van der Waals surface area contributed by atoms with Gasteiger partial charge in [-0.2, -0.15) is 0 Å². The first-order chi connectivity index (χ1) is 52.9. The van der Waals surface area contributed by atoms with Crippen LogP contribution < -0.4 is 64.6 Å². The lowest BCUT2D eigenvalue weighted by Gasteiger charge is -2.31. The molecule has 0 saturated carbocycles. The van der Waals surface area contributed by atoms with Gasteiger partial charge in [-0.15, -0.1) is 0 Å². The zero-order valence-corrected chi connectivity index (χ0v) is 62.0. The average Bonchev–Trinajstić information content (AvgIpc) is 1.43. The van der Waals surface area contributed by atoms with Gasteiger partial charge in [0, 0.05) is 58.7 Å². The largest absolute Gasteiger partial charge is 0.508 e. The summed E-state index contributed by atoms with van der Waals surface area (Å²) in [5.74, 6) is -9.69. The third kappa shape index (κ3) is 26.7. The van der Waals surface area contributed by atoms with E-state index in [1.165, 1.54) is 43.0 Å². The highest BCUT2D eigenvalue weighted by atomic mass is 16.4. The Bertz CT molecular complexity index is 4290. The Morgan fingerprint density at radius 1 is 0.473 bits per heavy atom. The zero-order chi connectivity index (χ0) is 79.1. The van der Waals surface area contributed by atoms with Gasteiger partial charge < -0.3 is 84.9 Å². The first kappa shape index (κ1) is 83.6. The summed E-state index contributed by atoms with van der Waals surface area (Å²) in [6.45, 7) is 4.74. The number of phenolic OH excluding ortho intramolecular Hbond substituents is 1. The number of aryl methyl sites for hydroxylation is 1. The Morgan fingerprint density at radius 3 is 1.39 bits per heavy atom. The number of phenols is 1. The fraction of sp³-hybridized carbons (Fsp3) is 0.366. The summed E-state index contributed by atoms with van der Waals surface area (Å²) in [7, 11) is 0. The van der Waals surface area contributed by atoms with E-state index in [1.807, 2.05) is 73.7 Å². The van der Waals surface area contributed by atoms with Crippen molar-refractivity contribution in [2.45, 2.75) is 165 Å². The molecule has 28 heteroatoms. The van der Waals surface area contributed by atoms with Gasteiger partial charge in [0.25, 0.3) is 0 Å². The second-order valence-corrected chi connectivity index (χ2v) is 27.6. The van der Waals surface area contributed by atoms with Gasteiger partial charge >= 0.3 is 5.97 Å². The molecule has 7 aromatic rings. The maximum atomic E-state index is 15.1. The Labute approximate surface area is 639 Å². The standard InChI is InChI=1S/C82H100N14O14/c1-51-30-32-58(33-31-51)49-85-40-16-15-27-64(80(108)96-42-18-29-71(96)79(107)87-52(2)81(109)110)90-75(103)66(44-54-19-7-4-8-20-54)91-72(100)63(28-17-41-86-82(83)84)89-74(102)69(47-57-35-38-62(99)39-36-57)94-78(106)70(50-97)95-77(105)68(46-56-23-11-6-12-24-56)93-76(104)67(45-55-21-9-5-10-22-55)92-73(101)65(88-53(3)98)48-59-34-37-60-25-13-14-26-61(60)43-59/h4-14,19-26,30-39,43,52,63-71,85,97,99H,15-18,27-29,40-42,44-50H2,1-3H3,(H,87,107)(H,88,98)(H,89,102)(H,90,103)(H,91,100)(H,92,101)(H,93,104)(H,94,106)(H,95,105)(H,109,110)(H4,83,84,86)/t52-,63-,64+,65-,66+,67-,68-,69+,70+,71-/m1/s1. The number of aromatic hydroxyl groups is 1. The van der Waals surface area contributed by atoms with Crippen molar-refractivity contribution in [1.29, 1.82) is 0 Å². The monoisotopic (exact) mass is 1500 g/mol. The third-order valence-corrected chi connectivity index (χ3v) is 18.8. The van der Waals surface area contributed by atoms with Crippen molar-refractivity contribution in [2.24, 2.45) is 16.5 Å². The minimum Gasteiger partial charge on any atom is -0.508 e. The number of carboxylic acid groups (broad SMARTS) is 1. The molecule has 28 nitrogen and oxygen atoms in total. The van der Waals surface area contributed by atoms with Gasteiger partial charge in [0.05, 0.1) is 6.61 Å². The van der Waals surface area contributed by atoms with E-state index in [2.05, 4.69) is 58.2 Å². The molecule has 1 heterocycles. The number of rotatable bonds is 41. The second kappa shape index (κ2) is 42.5. The van der Waals surface area contributed by atoms with Crippen molar-refractivity contribution in [3.8, 4) is 5.75 Å². The molecule has 0 radical (unpaired) electrons. The summed E-state index contributed by atoms with van der Waals surface area (Å²) in [6.07, 6.45) is 0.961. The van der Waals surface area contributed by atoms with Gasteiger partial charge in [-0.3, -0.25) is 57.7 Å². The number of unbranched alkanes of at least 4 members (excludes halogenated alkanes) is 1. The molecule has 0 spiro atoms. The van der Waals surface area contributed by atoms with E-state index in [0.29, 0.717) is 54.6 Å². The highest BCUT2D eigenvalue weighted by Gasteiger charge is 2.40. The average molecular weight is 1510 g/mol. The minimum atomic E-state index is -1.82. The molecule has 0 aromatic heterocycles. The number of aliphatic hydroxyl groups is 1. The quantitative estimate of drug-likeness (QED) is 0.0149. The zero-order valence-electron chi connectivity index (χ0n) is 62.0. The van der Waals surface area contributed by atoms with Gasteiger partial charge in [-0.25, -0.2) is 0 Å². The van der Waals surface area contributed by atoms with Crippen LogP contribution in [0.15, 0.2) is 187 Å². The van der Waals surface area contributed by atoms with Crippen molar-refractivity contribution in [1.82, 2.24) is 58.1 Å². The molecule has 110 heavy (non-hydrogen) atoms. The number of fused-ring (bicyclic) bond motifs is 1. The van der Waals surface area contributed by atoms with Crippen molar-refractivity contribution in [3.05, 3.63) is 221 Å². The molecule has 1 fully saturated rings. The summed E-state index contributed by atoms with van der Waals surface area (Å²) in [5.41, 5.74) is 16.5. The van der Waals surface area contributed by atoms with Crippen molar-refractivity contribution < 1.29 is 68.1 Å². The third-order valence-electron chi connectivity index (χ3n) is 18.8. The van der Waals surface area contributed by atoms with E-state index in [0.717, 1.165) is 27.5 Å². The van der Waals surface area contributed by atoms with E-state index in [9.17, 15) is 53.7 Å². The number of aliphatic hydroxyl groups excluding tert-OH is 1. The van der Waals surface area contributed by atoms with Crippen LogP contribution in [0.25, 0.3) is 10.8 Å². The summed E-state index contributed by atoms with van der Waals surface area (Å²) in [5, 5.41) is 60.5. The lowest BCUT2D eigenvalue weighted by molar-refractivity contribution is -0.144. The van der Waals surface area contributed by atoms with Gasteiger partial charge in [-0.1, -0.05) is 175 Å². The van der Waals surface area contributed by atoms with E-state index >= 15 is 14.4 Å². The van der Waals surface area contributed by atoms with E-state index < -0.39 is 132 Å². The maximum Gasteiger partial charge on any atom is 0.325 e. The highest BCUT2D eigenvalue weighted by molar-refractivity contribution is 5.99. The SMILES string of the molecule is CC(=O)N[C@H](Cc1ccc2ccccc2c1)C(=O)N[C@H](Cc1ccccc1)C(=O)N[C@H](Cc1ccccc1)C(=O)N[C@@H](CO)C(=O)N[C@@H](Cc1ccc(O)cc1)C(=O)N[C@H](CCCN=C(N)N)C(=O)N[C@@H](Cc1ccccc1)C(=O)N[C@@H](CCCCNCc1ccc(C)cc1)C(=O)N1CCC[C@@H]1C(=O)N[C@H](C)C(=O)O. The van der Waals surface area contributed by atoms with E-state index in [1.54, 1.807) is 91.0 Å². The van der Waals surface area contributed by atoms with Crippen molar-refractivity contribution in [2.75, 3.05) is 26.2 Å².